The first-order valence-corrected chi connectivity index (χ1v) is 16.8. The Morgan fingerprint density at radius 1 is 1.00 bits per heavy atom. The van der Waals surface area contributed by atoms with E-state index in [9.17, 15) is 14.7 Å². The Labute approximate surface area is 270 Å². The number of allylic oxidation sites excluding steroid dienone is 2. The summed E-state index contributed by atoms with van der Waals surface area (Å²) in [7, 11) is 1.35. The predicted molar refractivity (Wildman–Crippen MR) is 179 cm³/mol. The summed E-state index contributed by atoms with van der Waals surface area (Å²) in [4.78, 5) is 33.3. The van der Waals surface area contributed by atoms with E-state index in [1.54, 1.807) is 0 Å². The largest absolute Gasteiger partial charge is 0.466 e. The molecule has 6 rings (SSSR count). The summed E-state index contributed by atoms with van der Waals surface area (Å²) < 4.78 is 10.6. The Hall–Kier alpha value is -3.98. The lowest BCUT2D eigenvalue weighted by Crippen LogP contribution is -2.31. The van der Waals surface area contributed by atoms with Gasteiger partial charge in [-0.15, -0.1) is 0 Å². The van der Waals surface area contributed by atoms with E-state index in [2.05, 4.69) is 73.4 Å². The number of hydrogen-bond acceptors (Lipinski definition) is 7. The maximum atomic E-state index is 13.4. The summed E-state index contributed by atoms with van der Waals surface area (Å²) in [6.07, 6.45) is 8.24. The Morgan fingerprint density at radius 3 is 2.43 bits per heavy atom. The van der Waals surface area contributed by atoms with Crippen molar-refractivity contribution < 1.29 is 24.2 Å². The molecule has 0 saturated carbocycles. The number of nitrogens with one attached hydrogen (secondary N) is 4. The Morgan fingerprint density at radius 2 is 1.76 bits per heavy atom. The Balaban J connectivity index is 1.62. The molecular formula is C37H48N4O5. The molecule has 246 valence electrons. The van der Waals surface area contributed by atoms with Crippen LogP contribution in [0.5, 0.6) is 0 Å². The van der Waals surface area contributed by atoms with Crippen molar-refractivity contribution in [3.63, 3.8) is 0 Å². The number of aliphatic hydroxyl groups is 1. The van der Waals surface area contributed by atoms with Gasteiger partial charge in [0, 0.05) is 57.2 Å². The molecule has 1 saturated heterocycles. The number of aromatic amines is 2. The molecule has 0 aromatic carbocycles. The van der Waals surface area contributed by atoms with Gasteiger partial charge in [0.25, 0.3) is 0 Å². The molecule has 9 nitrogen and oxygen atoms in total. The molecular weight excluding hydrogens is 580 g/mol. The number of esters is 2. The average Bonchev–Trinajstić information content (AvgIpc) is 3.77. The van der Waals surface area contributed by atoms with Gasteiger partial charge in [-0.1, -0.05) is 20.8 Å². The molecule has 8 bridgehead atoms. The topological polar surface area (TPSA) is 128 Å². The highest BCUT2D eigenvalue weighted by molar-refractivity contribution is 6.03. The quantitative estimate of drug-likeness (QED) is 0.295. The molecule has 2 unspecified atom stereocenters. The van der Waals surface area contributed by atoms with Crippen LogP contribution in [0.4, 0.5) is 0 Å². The minimum absolute atomic E-state index is 0.0369. The first kappa shape index (κ1) is 32.0. The zero-order valence-electron chi connectivity index (χ0n) is 28.3. The number of H-pyrrole nitrogens is 2. The highest BCUT2D eigenvalue weighted by Gasteiger charge is 2.47. The van der Waals surface area contributed by atoms with Crippen LogP contribution in [-0.2, 0) is 25.5 Å². The van der Waals surface area contributed by atoms with Crippen molar-refractivity contribution in [1.29, 1.82) is 0 Å². The van der Waals surface area contributed by atoms with Crippen LogP contribution in [-0.4, -0.2) is 52.8 Å². The van der Waals surface area contributed by atoms with Crippen LogP contribution in [0.15, 0.2) is 28.6 Å². The lowest BCUT2D eigenvalue weighted by Gasteiger charge is -2.24. The lowest BCUT2D eigenvalue weighted by atomic mass is 9.82. The van der Waals surface area contributed by atoms with E-state index in [0.29, 0.717) is 30.1 Å². The van der Waals surface area contributed by atoms with Gasteiger partial charge in [0.2, 0.25) is 0 Å². The molecule has 1 fully saturated rings. The number of carbonyl (C=O) groups is 2. The van der Waals surface area contributed by atoms with E-state index in [1.807, 2.05) is 13.8 Å². The van der Waals surface area contributed by atoms with E-state index in [4.69, 9.17) is 9.47 Å². The van der Waals surface area contributed by atoms with Gasteiger partial charge in [-0.25, -0.2) is 4.79 Å². The van der Waals surface area contributed by atoms with Gasteiger partial charge < -0.3 is 35.2 Å². The molecule has 4 aliphatic rings. The number of rotatable bonds is 7. The summed E-state index contributed by atoms with van der Waals surface area (Å²) in [5, 5.41) is 21.5. The van der Waals surface area contributed by atoms with Crippen molar-refractivity contribution in [3.05, 3.63) is 73.0 Å². The Kier molecular flexibility index (Phi) is 8.57. The van der Waals surface area contributed by atoms with Crippen molar-refractivity contribution in [2.45, 2.75) is 92.3 Å². The monoisotopic (exact) mass is 628 g/mol. The average molecular weight is 629 g/mol. The second kappa shape index (κ2) is 12.3. The van der Waals surface area contributed by atoms with Crippen molar-refractivity contribution >= 4 is 29.7 Å². The van der Waals surface area contributed by atoms with Crippen LogP contribution in [0.3, 0.4) is 0 Å². The number of fused-ring (bicyclic) bond motifs is 8. The molecule has 6 atom stereocenters. The SMILES string of the molecule is CCOC(=O)CC[C@@H]1C2N/C(=C\C3=C(C)[C@@H](CC)C(/C=c4\[nH]/c(c(CC)c4C)=C\c4[nH]c5c(c4C)[C@H](O)C(C(=O)OC)=C52)N3)[C@H]1C. The lowest BCUT2D eigenvalue weighted by molar-refractivity contribution is -0.143. The first-order valence-electron chi connectivity index (χ1n) is 16.8. The standard InChI is InChI=1S/C37H48N4O5/c1-9-21-17(4)24-14-26-19(6)23(12-13-30(42)46-11-3)34(40-26)32-33(37(44)45-8)36(43)31-20(7)27(41-35(31)32)16-29-22(10-2)18(5)25(39-29)15-28(21)38-24/h14-16,19,21,23,28,34,36,38-41,43H,9-13H2,1-8H3/b25-15-,26-14-,29-16-/t19-,21+,23-,28?,34?,36-/m0/s1. The number of hydrogen-bond donors (Lipinski definition) is 5. The smallest absolute Gasteiger partial charge is 0.337 e. The summed E-state index contributed by atoms with van der Waals surface area (Å²) >= 11 is 0. The minimum atomic E-state index is -1.14. The van der Waals surface area contributed by atoms with Crippen LogP contribution < -0.4 is 21.3 Å². The van der Waals surface area contributed by atoms with E-state index >= 15 is 0 Å². The fraction of sp³-hybridized carbons (Fsp3) is 0.514. The molecule has 0 spiro atoms. The molecule has 3 aliphatic heterocycles. The summed E-state index contributed by atoms with van der Waals surface area (Å²) in [5.41, 5.74) is 10.1. The highest BCUT2D eigenvalue weighted by Crippen LogP contribution is 2.50. The molecule has 9 heteroatoms. The van der Waals surface area contributed by atoms with Crippen LogP contribution >= 0.6 is 0 Å². The fourth-order valence-electron chi connectivity index (χ4n) is 8.38. The number of aromatic nitrogens is 2. The van der Waals surface area contributed by atoms with E-state index in [0.717, 1.165) is 51.9 Å². The maximum absolute atomic E-state index is 13.4. The molecule has 0 radical (unpaired) electrons. The van der Waals surface area contributed by atoms with Gasteiger partial charge in [0.05, 0.1) is 37.1 Å². The number of carbonyl (C=O) groups excluding carboxylic acids is 2. The van der Waals surface area contributed by atoms with E-state index < -0.39 is 12.1 Å². The third-order valence-corrected chi connectivity index (χ3v) is 10.9. The molecule has 46 heavy (non-hydrogen) atoms. The van der Waals surface area contributed by atoms with Crippen molar-refractivity contribution in [1.82, 2.24) is 20.6 Å². The van der Waals surface area contributed by atoms with Gasteiger partial charge in [-0.2, -0.15) is 0 Å². The molecule has 5 N–H and O–H groups in total. The van der Waals surface area contributed by atoms with Crippen LogP contribution in [0, 0.1) is 31.6 Å². The number of ether oxygens (including phenoxy) is 2. The third kappa shape index (κ3) is 5.03. The van der Waals surface area contributed by atoms with Crippen LogP contribution in [0.2, 0.25) is 0 Å². The Bertz CT molecular complexity index is 1800. The summed E-state index contributed by atoms with van der Waals surface area (Å²) in [6.45, 7) is 15.1. The summed E-state index contributed by atoms with van der Waals surface area (Å²) in [5.74, 6) is -0.473. The molecule has 1 aliphatic carbocycles. The van der Waals surface area contributed by atoms with Crippen LogP contribution in [0.25, 0.3) is 17.7 Å². The van der Waals surface area contributed by atoms with Crippen molar-refractivity contribution in [2.24, 2.45) is 17.8 Å². The van der Waals surface area contributed by atoms with Crippen molar-refractivity contribution in [3.8, 4) is 0 Å². The number of aliphatic hydroxyl groups excluding tert-OH is 1. The minimum Gasteiger partial charge on any atom is -0.466 e. The summed E-state index contributed by atoms with van der Waals surface area (Å²) in [6, 6.07) is -0.218. The van der Waals surface area contributed by atoms with Crippen molar-refractivity contribution in [2.75, 3.05) is 13.7 Å². The molecule has 0 amide bonds. The fourth-order valence-corrected chi connectivity index (χ4v) is 8.38. The maximum Gasteiger partial charge on any atom is 0.337 e. The second-order valence-electron chi connectivity index (χ2n) is 13.2. The first-order chi connectivity index (χ1) is 22.0. The second-order valence-corrected chi connectivity index (χ2v) is 13.2. The predicted octanol–water partition coefficient (Wildman–Crippen LogP) is 3.84. The van der Waals surface area contributed by atoms with Gasteiger partial charge in [0.1, 0.15) is 6.10 Å². The highest BCUT2D eigenvalue weighted by atomic mass is 16.5. The van der Waals surface area contributed by atoms with E-state index in [-0.39, 0.29) is 41.9 Å². The molecule has 2 aromatic rings. The number of methoxy groups -OCH3 is 1. The zero-order chi connectivity index (χ0) is 33.0. The van der Waals surface area contributed by atoms with Crippen LogP contribution in [0.1, 0.15) is 93.6 Å². The van der Waals surface area contributed by atoms with Gasteiger partial charge in [-0.05, 0) is 93.4 Å². The zero-order valence-corrected chi connectivity index (χ0v) is 28.3. The normalized spacial score (nSPS) is 28.9. The molecule has 2 aromatic heterocycles. The molecule has 5 heterocycles. The van der Waals surface area contributed by atoms with Gasteiger partial charge in [0.15, 0.2) is 0 Å². The van der Waals surface area contributed by atoms with E-state index in [1.165, 1.54) is 23.8 Å². The third-order valence-electron chi connectivity index (χ3n) is 10.9. The van der Waals surface area contributed by atoms with Gasteiger partial charge >= 0.3 is 11.9 Å². The van der Waals surface area contributed by atoms with Gasteiger partial charge in [-0.3, -0.25) is 4.79 Å².